The van der Waals surface area contributed by atoms with Gasteiger partial charge in [0.1, 0.15) is 17.6 Å². The lowest BCUT2D eigenvalue weighted by Crippen LogP contribution is -2.25. The predicted molar refractivity (Wildman–Crippen MR) is 93.4 cm³/mol. The van der Waals surface area contributed by atoms with Gasteiger partial charge in [-0.15, -0.1) is 0 Å². The van der Waals surface area contributed by atoms with E-state index in [0.717, 1.165) is 6.07 Å². The highest BCUT2D eigenvalue weighted by Crippen LogP contribution is 2.24. The van der Waals surface area contributed by atoms with Crippen molar-refractivity contribution in [2.75, 3.05) is 6.61 Å². The maximum atomic E-state index is 13.5. The van der Waals surface area contributed by atoms with Gasteiger partial charge in [-0.3, -0.25) is 4.79 Å². The van der Waals surface area contributed by atoms with Crippen molar-refractivity contribution in [1.29, 1.82) is 5.26 Å². The minimum Gasteiger partial charge on any atom is -0.482 e. The molecule has 1 N–H and O–H groups in total. The number of hydrazone groups is 1. The zero-order chi connectivity index (χ0) is 18.4. The number of halogens is 3. The van der Waals surface area contributed by atoms with E-state index < -0.39 is 11.7 Å². The molecule has 2 aromatic rings. The summed E-state index contributed by atoms with van der Waals surface area (Å²) in [6.45, 7) is 1.22. The van der Waals surface area contributed by atoms with Gasteiger partial charge in [-0.1, -0.05) is 35.3 Å². The molecule has 0 aliphatic heterocycles. The maximum absolute atomic E-state index is 13.5. The van der Waals surface area contributed by atoms with E-state index in [2.05, 4.69) is 10.5 Å². The summed E-state index contributed by atoms with van der Waals surface area (Å²) in [5, 5.41) is 12.9. The molecule has 2 rings (SSSR count). The molecule has 2 aromatic carbocycles. The number of nitrogens with zero attached hydrogens (tertiary/aromatic N) is 2. The van der Waals surface area contributed by atoms with Gasteiger partial charge < -0.3 is 4.74 Å². The Morgan fingerprint density at radius 1 is 1.32 bits per heavy atom. The molecular formula is C17H12Cl2FN3O2. The molecule has 0 unspecified atom stereocenters. The Morgan fingerprint density at radius 2 is 2.04 bits per heavy atom. The fraction of sp³-hybridized carbons (Fsp3) is 0.118. The third-order valence-corrected chi connectivity index (χ3v) is 3.72. The van der Waals surface area contributed by atoms with Gasteiger partial charge in [-0.2, -0.15) is 10.4 Å². The first-order valence-electron chi connectivity index (χ1n) is 7.02. The second-order valence-corrected chi connectivity index (χ2v) is 5.69. The van der Waals surface area contributed by atoms with Crippen LogP contribution in [0.2, 0.25) is 10.0 Å². The number of hydrogen-bond acceptors (Lipinski definition) is 4. The Balaban J connectivity index is 2.00. The third-order valence-electron chi connectivity index (χ3n) is 3.11. The maximum Gasteiger partial charge on any atom is 0.277 e. The van der Waals surface area contributed by atoms with Gasteiger partial charge in [0.2, 0.25) is 0 Å². The lowest BCUT2D eigenvalue weighted by molar-refractivity contribution is -0.123. The molecule has 0 spiro atoms. The number of nitrogens with one attached hydrogen (secondary N) is 1. The van der Waals surface area contributed by atoms with Crippen LogP contribution in [0.5, 0.6) is 5.75 Å². The van der Waals surface area contributed by atoms with Crippen molar-refractivity contribution in [3.05, 3.63) is 63.4 Å². The van der Waals surface area contributed by atoms with Crippen molar-refractivity contribution in [3.8, 4) is 11.8 Å². The first kappa shape index (κ1) is 18.7. The van der Waals surface area contributed by atoms with E-state index in [-0.39, 0.29) is 16.7 Å². The standard InChI is InChI=1S/C17H12Cl2FN3O2/c1-10(12-6-15(20)14(19)7-13(12)18)22-23-17(24)9-25-16-5-3-2-4-11(16)8-21/h2-7H,9H2,1H3,(H,23,24)/b22-10-. The Kier molecular flexibility index (Phi) is 6.34. The average molecular weight is 380 g/mol. The van der Waals surface area contributed by atoms with Gasteiger partial charge in [0.15, 0.2) is 6.61 Å². The Labute approximate surface area is 153 Å². The van der Waals surface area contributed by atoms with Crippen LogP contribution in [0.3, 0.4) is 0 Å². The topological polar surface area (TPSA) is 74.5 Å². The number of nitriles is 1. The SMILES string of the molecule is C/C(=N/NC(=O)COc1ccccc1C#N)c1cc(F)c(Cl)cc1Cl. The highest BCUT2D eigenvalue weighted by molar-refractivity contribution is 6.37. The van der Waals surface area contributed by atoms with Crippen LogP contribution in [0.1, 0.15) is 18.1 Å². The van der Waals surface area contributed by atoms with Gasteiger partial charge in [-0.05, 0) is 31.2 Å². The summed E-state index contributed by atoms with van der Waals surface area (Å²) in [6.07, 6.45) is 0. The molecule has 0 fully saturated rings. The van der Waals surface area contributed by atoms with E-state index in [4.69, 9.17) is 33.2 Å². The normalized spacial score (nSPS) is 10.9. The van der Waals surface area contributed by atoms with Gasteiger partial charge in [0, 0.05) is 5.56 Å². The van der Waals surface area contributed by atoms with Gasteiger partial charge >= 0.3 is 0 Å². The largest absolute Gasteiger partial charge is 0.482 e. The molecule has 0 radical (unpaired) electrons. The Hall–Kier alpha value is -2.62. The fourth-order valence-corrected chi connectivity index (χ4v) is 2.39. The minimum atomic E-state index is -0.640. The zero-order valence-electron chi connectivity index (χ0n) is 13.0. The number of carbonyl (C=O) groups is 1. The summed E-state index contributed by atoms with van der Waals surface area (Å²) >= 11 is 11.6. The minimum absolute atomic E-state index is 0.102. The number of ether oxygens (including phenoxy) is 1. The first-order valence-corrected chi connectivity index (χ1v) is 7.78. The number of carbonyl (C=O) groups excluding carboxylic acids is 1. The Morgan fingerprint density at radius 3 is 2.76 bits per heavy atom. The van der Waals surface area contributed by atoms with Gasteiger partial charge in [0.05, 0.1) is 21.3 Å². The molecule has 128 valence electrons. The number of benzene rings is 2. The molecule has 0 bridgehead atoms. The molecule has 1 amide bonds. The quantitative estimate of drug-likeness (QED) is 0.485. The Bertz CT molecular complexity index is 879. The lowest BCUT2D eigenvalue weighted by Gasteiger charge is -2.08. The van der Waals surface area contributed by atoms with E-state index in [1.54, 1.807) is 31.2 Å². The van der Waals surface area contributed by atoms with E-state index in [9.17, 15) is 9.18 Å². The van der Waals surface area contributed by atoms with Crippen molar-refractivity contribution >= 4 is 34.8 Å². The van der Waals surface area contributed by atoms with E-state index >= 15 is 0 Å². The summed E-state index contributed by atoms with van der Waals surface area (Å²) in [5.41, 5.74) is 3.20. The number of para-hydroxylation sites is 1. The van der Waals surface area contributed by atoms with Crippen LogP contribution < -0.4 is 10.2 Å². The molecule has 0 saturated heterocycles. The average Bonchev–Trinajstić information content (AvgIpc) is 2.61. The van der Waals surface area contributed by atoms with Crippen molar-refractivity contribution in [2.45, 2.75) is 6.92 Å². The van der Waals surface area contributed by atoms with Crippen molar-refractivity contribution in [2.24, 2.45) is 5.10 Å². The smallest absolute Gasteiger partial charge is 0.277 e. The summed E-state index contributed by atoms with van der Waals surface area (Å²) in [4.78, 5) is 11.8. The van der Waals surface area contributed by atoms with E-state index in [1.807, 2.05) is 6.07 Å². The van der Waals surface area contributed by atoms with Crippen LogP contribution in [0.15, 0.2) is 41.5 Å². The van der Waals surface area contributed by atoms with E-state index in [0.29, 0.717) is 22.6 Å². The summed E-state index contributed by atoms with van der Waals surface area (Å²) in [6, 6.07) is 10.9. The number of hydrogen-bond donors (Lipinski definition) is 1. The molecule has 5 nitrogen and oxygen atoms in total. The molecule has 25 heavy (non-hydrogen) atoms. The number of amides is 1. The molecular weight excluding hydrogens is 368 g/mol. The summed E-state index contributed by atoms with van der Waals surface area (Å²) < 4.78 is 18.8. The van der Waals surface area contributed by atoms with Gasteiger partial charge in [0.25, 0.3) is 5.91 Å². The summed E-state index contributed by atoms with van der Waals surface area (Å²) in [5.74, 6) is -0.889. The highest BCUT2D eigenvalue weighted by Gasteiger charge is 2.11. The van der Waals surface area contributed by atoms with Gasteiger partial charge in [-0.25, -0.2) is 9.82 Å². The second kappa shape index (κ2) is 8.47. The zero-order valence-corrected chi connectivity index (χ0v) is 14.5. The fourth-order valence-electron chi connectivity index (χ4n) is 1.87. The molecule has 0 aliphatic carbocycles. The highest BCUT2D eigenvalue weighted by atomic mass is 35.5. The van der Waals surface area contributed by atoms with Crippen molar-refractivity contribution in [3.63, 3.8) is 0 Å². The monoisotopic (exact) mass is 379 g/mol. The van der Waals surface area contributed by atoms with Crippen LogP contribution >= 0.6 is 23.2 Å². The van der Waals surface area contributed by atoms with E-state index in [1.165, 1.54) is 6.07 Å². The molecule has 0 atom stereocenters. The second-order valence-electron chi connectivity index (χ2n) is 4.87. The van der Waals surface area contributed by atoms with Crippen molar-refractivity contribution in [1.82, 2.24) is 5.43 Å². The van der Waals surface area contributed by atoms with Crippen LogP contribution in [-0.2, 0) is 4.79 Å². The molecule has 0 saturated carbocycles. The molecule has 8 heteroatoms. The lowest BCUT2D eigenvalue weighted by atomic mass is 10.1. The molecule has 0 aliphatic rings. The third kappa shape index (κ3) is 4.92. The molecule has 0 aromatic heterocycles. The van der Waals surface area contributed by atoms with Crippen LogP contribution in [0.4, 0.5) is 4.39 Å². The predicted octanol–water partition coefficient (Wildman–Crippen LogP) is 3.92. The van der Waals surface area contributed by atoms with Crippen LogP contribution in [-0.4, -0.2) is 18.2 Å². The summed E-state index contributed by atoms with van der Waals surface area (Å²) in [7, 11) is 0. The van der Waals surface area contributed by atoms with Crippen molar-refractivity contribution < 1.29 is 13.9 Å². The molecule has 0 heterocycles. The van der Waals surface area contributed by atoms with Crippen LogP contribution in [0, 0.1) is 17.1 Å². The van der Waals surface area contributed by atoms with Crippen LogP contribution in [0.25, 0.3) is 0 Å². The first-order chi connectivity index (χ1) is 11.9. The number of rotatable bonds is 5.